The number of rotatable bonds is 5. The molecule has 0 amide bonds. The van der Waals surface area contributed by atoms with Crippen molar-refractivity contribution in [2.24, 2.45) is 0 Å². The van der Waals surface area contributed by atoms with Crippen LogP contribution in [-0.4, -0.2) is 33.0 Å². The highest BCUT2D eigenvalue weighted by Crippen LogP contribution is 2.27. The van der Waals surface area contributed by atoms with Gasteiger partial charge in [0.2, 0.25) is 5.82 Å². The zero-order chi connectivity index (χ0) is 18.0. The molecule has 3 rings (SSSR count). The average Bonchev–Trinajstić information content (AvgIpc) is 3.24. The first-order valence-electron chi connectivity index (χ1n) is 7.29. The summed E-state index contributed by atoms with van der Waals surface area (Å²) in [6, 6.07) is 6.97. The van der Waals surface area contributed by atoms with E-state index in [1.165, 1.54) is 13.3 Å². The molecule has 0 saturated heterocycles. The number of carbonyl (C=O) groups excluding carboxylic acids is 1. The number of nitrogens with zero attached hydrogens (tertiary/aromatic N) is 4. The minimum Gasteiger partial charge on any atom is -0.465 e. The molecule has 0 aliphatic carbocycles. The first-order chi connectivity index (χ1) is 11.9. The second-order valence-electron chi connectivity index (χ2n) is 5.43. The third kappa shape index (κ3) is 3.70. The van der Waals surface area contributed by atoms with Crippen LogP contribution in [-0.2, 0) is 17.2 Å². The van der Waals surface area contributed by atoms with E-state index in [0.717, 1.165) is 5.56 Å². The highest BCUT2D eigenvalue weighted by atomic mass is 19.3. The van der Waals surface area contributed by atoms with Crippen LogP contribution in [0.4, 0.5) is 8.78 Å². The Bertz CT molecular complexity index is 881. The molecule has 0 spiro atoms. The fourth-order valence-corrected chi connectivity index (χ4v) is 2.14. The normalized spacial score (nSPS) is 11.5. The van der Waals surface area contributed by atoms with Crippen LogP contribution >= 0.6 is 0 Å². The molecular weight excluding hydrogens is 334 g/mol. The van der Waals surface area contributed by atoms with Crippen LogP contribution in [0.2, 0.25) is 0 Å². The molecule has 2 aromatic heterocycles. The standard InChI is InChI=1S/C16H14F2N4O3/c1-16(17,18)15-20-13(21-25-15)11-5-3-10(4-6-11)8-22-9-12(7-19-22)14(23)24-2/h3-7,9H,8H2,1-2H3. The van der Waals surface area contributed by atoms with Crippen molar-refractivity contribution < 1.29 is 22.8 Å². The molecule has 0 aliphatic rings. The first kappa shape index (κ1) is 16.7. The molecule has 0 radical (unpaired) electrons. The van der Waals surface area contributed by atoms with Crippen molar-refractivity contribution in [1.82, 2.24) is 19.9 Å². The summed E-state index contributed by atoms with van der Waals surface area (Å²) in [5.74, 6) is -4.27. The summed E-state index contributed by atoms with van der Waals surface area (Å²) in [5.41, 5.74) is 1.81. The number of methoxy groups -OCH3 is 1. The van der Waals surface area contributed by atoms with Crippen molar-refractivity contribution in [1.29, 1.82) is 0 Å². The Morgan fingerprint density at radius 1 is 1.32 bits per heavy atom. The molecule has 7 nitrogen and oxygen atoms in total. The highest BCUT2D eigenvalue weighted by Gasteiger charge is 2.32. The number of ether oxygens (including phenoxy) is 1. The number of hydrogen-bond acceptors (Lipinski definition) is 6. The monoisotopic (exact) mass is 348 g/mol. The average molecular weight is 348 g/mol. The maximum Gasteiger partial charge on any atom is 0.341 e. The van der Waals surface area contributed by atoms with Gasteiger partial charge in [0.05, 0.1) is 25.4 Å². The van der Waals surface area contributed by atoms with Crippen LogP contribution in [0.3, 0.4) is 0 Å². The smallest absolute Gasteiger partial charge is 0.341 e. The third-order valence-corrected chi connectivity index (χ3v) is 3.41. The Labute approximate surface area is 141 Å². The molecule has 0 N–H and O–H groups in total. The lowest BCUT2D eigenvalue weighted by atomic mass is 10.1. The second kappa shape index (κ2) is 6.42. The van der Waals surface area contributed by atoms with E-state index in [0.29, 0.717) is 24.6 Å². The van der Waals surface area contributed by atoms with E-state index in [4.69, 9.17) is 0 Å². The lowest BCUT2D eigenvalue weighted by molar-refractivity contribution is -0.0158. The molecule has 130 valence electrons. The topological polar surface area (TPSA) is 83.0 Å². The van der Waals surface area contributed by atoms with Gasteiger partial charge < -0.3 is 9.26 Å². The minimum atomic E-state index is -3.18. The Morgan fingerprint density at radius 3 is 2.64 bits per heavy atom. The van der Waals surface area contributed by atoms with Crippen molar-refractivity contribution in [3.05, 3.63) is 53.7 Å². The van der Waals surface area contributed by atoms with Crippen molar-refractivity contribution >= 4 is 5.97 Å². The fourth-order valence-electron chi connectivity index (χ4n) is 2.14. The van der Waals surface area contributed by atoms with Gasteiger partial charge in [-0.2, -0.15) is 18.9 Å². The van der Waals surface area contributed by atoms with Gasteiger partial charge in [-0.15, -0.1) is 0 Å². The number of hydrogen-bond donors (Lipinski definition) is 0. The number of halogens is 2. The summed E-state index contributed by atoms with van der Waals surface area (Å²) in [6.07, 6.45) is 3.00. The molecule has 0 fully saturated rings. The van der Waals surface area contributed by atoms with E-state index in [9.17, 15) is 13.6 Å². The quantitative estimate of drug-likeness (QED) is 0.659. The van der Waals surface area contributed by atoms with E-state index < -0.39 is 17.8 Å². The Hall–Kier alpha value is -3.10. The van der Waals surface area contributed by atoms with Crippen molar-refractivity contribution in [3.63, 3.8) is 0 Å². The van der Waals surface area contributed by atoms with Crippen LogP contribution < -0.4 is 0 Å². The Kier molecular flexibility index (Phi) is 4.30. The second-order valence-corrected chi connectivity index (χ2v) is 5.43. The molecule has 9 heteroatoms. The Morgan fingerprint density at radius 2 is 2.04 bits per heavy atom. The van der Waals surface area contributed by atoms with Gasteiger partial charge in [0.15, 0.2) is 0 Å². The predicted molar refractivity (Wildman–Crippen MR) is 82.0 cm³/mol. The molecule has 0 aliphatic heterocycles. The molecule has 0 unspecified atom stereocenters. The molecule has 25 heavy (non-hydrogen) atoms. The first-order valence-corrected chi connectivity index (χ1v) is 7.29. The maximum atomic E-state index is 13.1. The number of esters is 1. The van der Waals surface area contributed by atoms with Crippen LogP contribution in [0.25, 0.3) is 11.4 Å². The molecule has 0 atom stereocenters. The minimum absolute atomic E-state index is 0.0927. The molecule has 0 saturated carbocycles. The summed E-state index contributed by atoms with van der Waals surface area (Å²) in [4.78, 5) is 15.1. The summed E-state index contributed by atoms with van der Waals surface area (Å²) in [7, 11) is 1.30. The fraction of sp³-hybridized carbons (Fsp3) is 0.250. The van der Waals surface area contributed by atoms with Crippen LogP contribution in [0.1, 0.15) is 28.7 Å². The molecule has 0 bridgehead atoms. The van der Waals surface area contributed by atoms with Crippen molar-refractivity contribution in [3.8, 4) is 11.4 Å². The van der Waals surface area contributed by atoms with Gasteiger partial charge in [-0.3, -0.25) is 4.68 Å². The van der Waals surface area contributed by atoms with Crippen LogP contribution in [0.15, 0.2) is 41.2 Å². The van der Waals surface area contributed by atoms with E-state index in [1.807, 2.05) is 0 Å². The van der Waals surface area contributed by atoms with E-state index in [2.05, 4.69) is 24.5 Å². The summed E-state index contributed by atoms with van der Waals surface area (Å²) in [6.45, 7) is 1.13. The van der Waals surface area contributed by atoms with Gasteiger partial charge in [0.25, 0.3) is 5.89 Å². The predicted octanol–water partition coefficient (Wildman–Crippen LogP) is 2.88. The number of benzene rings is 1. The van der Waals surface area contributed by atoms with Crippen LogP contribution in [0.5, 0.6) is 0 Å². The summed E-state index contributed by atoms with van der Waals surface area (Å²) >= 11 is 0. The molecular formula is C16H14F2N4O3. The van der Waals surface area contributed by atoms with Gasteiger partial charge >= 0.3 is 11.9 Å². The number of alkyl halides is 2. The molecule has 1 aromatic carbocycles. The van der Waals surface area contributed by atoms with Crippen molar-refractivity contribution in [2.45, 2.75) is 19.4 Å². The highest BCUT2D eigenvalue weighted by molar-refractivity contribution is 5.88. The largest absolute Gasteiger partial charge is 0.465 e. The number of carbonyl (C=O) groups is 1. The number of aromatic nitrogens is 4. The molecule has 2 heterocycles. The summed E-state index contributed by atoms with van der Waals surface area (Å²) < 4.78 is 37.1. The van der Waals surface area contributed by atoms with E-state index in [1.54, 1.807) is 35.1 Å². The Balaban J connectivity index is 1.73. The lowest BCUT2D eigenvalue weighted by Crippen LogP contribution is -2.07. The zero-order valence-corrected chi connectivity index (χ0v) is 13.4. The van der Waals surface area contributed by atoms with E-state index >= 15 is 0 Å². The maximum absolute atomic E-state index is 13.1. The van der Waals surface area contributed by atoms with Gasteiger partial charge in [0.1, 0.15) is 0 Å². The zero-order valence-electron chi connectivity index (χ0n) is 13.4. The molecule has 3 aromatic rings. The summed E-state index contributed by atoms with van der Waals surface area (Å²) in [5, 5.41) is 7.65. The van der Waals surface area contributed by atoms with Gasteiger partial charge in [0, 0.05) is 18.7 Å². The van der Waals surface area contributed by atoms with Gasteiger partial charge in [-0.1, -0.05) is 29.4 Å². The SMILES string of the molecule is COC(=O)c1cnn(Cc2ccc(-c3noc(C(C)(F)F)n3)cc2)c1. The van der Waals surface area contributed by atoms with E-state index in [-0.39, 0.29) is 5.82 Å². The third-order valence-electron chi connectivity index (χ3n) is 3.41. The van der Waals surface area contributed by atoms with Gasteiger partial charge in [-0.05, 0) is 5.56 Å². The van der Waals surface area contributed by atoms with Crippen molar-refractivity contribution in [2.75, 3.05) is 7.11 Å². The van der Waals surface area contributed by atoms with Crippen LogP contribution in [0, 0.1) is 0 Å². The lowest BCUT2D eigenvalue weighted by Gasteiger charge is -2.03. The van der Waals surface area contributed by atoms with Gasteiger partial charge in [-0.25, -0.2) is 4.79 Å².